The van der Waals surface area contributed by atoms with Crippen LogP contribution in [0.3, 0.4) is 0 Å². The van der Waals surface area contributed by atoms with Gasteiger partial charge in [0.15, 0.2) is 0 Å². The molecule has 0 heterocycles. The Kier molecular flexibility index (Phi) is 4.40. The van der Waals surface area contributed by atoms with Crippen LogP contribution >= 0.6 is 0 Å². The first-order chi connectivity index (χ1) is 6.88. The minimum atomic E-state index is -4.08. The van der Waals surface area contributed by atoms with E-state index in [0.29, 0.717) is 6.54 Å². The number of alkyl halides is 3. The predicted molar refractivity (Wildman–Crippen MR) is 51.5 cm³/mol. The second-order valence-electron chi connectivity index (χ2n) is 4.39. The summed E-state index contributed by atoms with van der Waals surface area (Å²) in [6, 6.07) is 0. The van der Waals surface area contributed by atoms with Crippen molar-refractivity contribution in [2.45, 2.75) is 38.0 Å². The Morgan fingerprint density at radius 2 is 2.00 bits per heavy atom. The maximum atomic E-state index is 11.9. The van der Waals surface area contributed by atoms with Crippen LogP contribution in [0.5, 0.6) is 0 Å². The number of aliphatic hydroxyl groups excluding tert-OH is 1. The van der Waals surface area contributed by atoms with Gasteiger partial charge in [0, 0.05) is 13.1 Å². The Balaban J connectivity index is 2.20. The maximum absolute atomic E-state index is 11.9. The lowest BCUT2D eigenvalue weighted by atomic mass is 10.1. The van der Waals surface area contributed by atoms with Crippen LogP contribution < -0.4 is 0 Å². The molecule has 2 unspecified atom stereocenters. The van der Waals surface area contributed by atoms with E-state index in [9.17, 15) is 18.3 Å². The molecule has 2 nitrogen and oxygen atoms in total. The van der Waals surface area contributed by atoms with Crippen molar-refractivity contribution in [3.8, 4) is 0 Å². The number of rotatable bonds is 4. The molecule has 5 heteroatoms. The topological polar surface area (TPSA) is 23.5 Å². The van der Waals surface area contributed by atoms with Crippen LogP contribution in [0.1, 0.15) is 25.7 Å². The Morgan fingerprint density at radius 1 is 1.33 bits per heavy atom. The number of nitrogens with zero attached hydrogens (tertiary/aromatic N) is 1. The number of hydrogen-bond donors (Lipinski definition) is 1. The molecule has 0 spiro atoms. The number of aliphatic hydroxyl groups is 1. The molecular formula is C10H18F3NO. The van der Waals surface area contributed by atoms with Crippen molar-refractivity contribution in [3.05, 3.63) is 0 Å². The average Bonchev–Trinajstić information content (AvgIpc) is 2.47. The first-order valence-electron chi connectivity index (χ1n) is 5.32. The van der Waals surface area contributed by atoms with E-state index in [2.05, 4.69) is 0 Å². The van der Waals surface area contributed by atoms with E-state index in [-0.39, 0.29) is 18.6 Å². The zero-order valence-corrected chi connectivity index (χ0v) is 8.93. The molecule has 0 aromatic heterocycles. The van der Waals surface area contributed by atoms with Crippen LogP contribution in [0.15, 0.2) is 0 Å². The highest BCUT2D eigenvalue weighted by atomic mass is 19.4. The van der Waals surface area contributed by atoms with Gasteiger partial charge in [0.25, 0.3) is 0 Å². The summed E-state index contributed by atoms with van der Waals surface area (Å²) >= 11 is 0. The summed E-state index contributed by atoms with van der Waals surface area (Å²) in [5, 5.41) is 9.52. The summed E-state index contributed by atoms with van der Waals surface area (Å²) in [6.45, 7) is 0.587. The fourth-order valence-electron chi connectivity index (χ4n) is 2.04. The fraction of sp³-hybridized carbons (Fsp3) is 1.00. The summed E-state index contributed by atoms with van der Waals surface area (Å²) in [5.41, 5.74) is 0. The molecule has 0 bridgehead atoms. The highest BCUT2D eigenvalue weighted by molar-refractivity contribution is 4.78. The normalized spacial score (nSPS) is 27.6. The van der Waals surface area contributed by atoms with E-state index < -0.39 is 12.6 Å². The van der Waals surface area contributed by atoms with Crippen LogP contribution in [-0.2, 0) is 0 Å². The Morgan fingerprint density at radius 3 is 2.47 bits per heavy atom. The van der Waals surface area contributed by atoms with Gasteiger partial charge in [0.1, 0.15) is 0 Å². The van der Waals surface area contributed by atoms with Crippen molar-refractivity contribution in [1.29, 1.82) is 0 Å². The molecule has 0 aromatic carbocycles. The summed E-state index contributed by atoms with van der Waals surface area (Å²) in [5.74, 6) is 0.156. The molecular weight excluding hydrogens is 207 g/mol. The Hall–Kier alpha value is -0.290. The van der Waals surface area contributed by atoms with Crippen LogP contribution in [0.2, 0.25) is 0 Å². The maximum Gasteiger partial charge on any atom is 0.390 e. The lowest BCUT2D eigenvalue weighted by Gasteiger charge is -2.23. The molecule has 1 saturated carbocycles. The van der Waals surface area contributed by atoms with E-state index >= 15 is 0 Å². The average molecular weight is 225 g/mol. The van der Waals surface area contributed by atoms with Gasteiger partial charge in [-0.2, -0.15) is 13.2 Å². The first kappa shape index (κ1) is 12.8. The van der Waals surface area contributed by atoms with Crippen molar-refractivity contribution in [2.24, 2.45) is 5.92 Å². The van der Waals surface area contributed by atoms with E-state index in [1.54, 1.807) is 11.9 Å². The van der Waals surface area contributed by atoms with Gasteiger partial charge >= 0.3 is 6.18 Å². The summed E-state index contributed by atoms with van der Waals surface area (Å²) in [4.78, 5) is 1.66. The quantitative estimate of drug-likeness (QED) is 0.791. The highest BCUT2D eigenvalue weighted by Gasteiger charge is 2.29. The second-order valence-corrected chi connectivity index (χ2v) is 4.39. The Bertz CT molecular complexity index is 196. The van der Waals surface area contributed by atoms with Crippen LogP contribution in [-0.4, -0.2) is 42.4 Å². The molecule has 1 N–H and O–H groups in total. The van der Waals surface area contributed by atoms with Gasteiger partial charge in [-0.1, -0.05) is 6.42 Å². The predicted octanol–water partition coefficient (Wildman–Crippen LogP) is 2.03. The molecule has 2 atom stereocenters. The minimum absolute atomic E-state index is 0.0206. The molecule has 0 aromatic rings. The van der Waals surface area contributed by atoms with E-state index in [4.69, 9.17) is 0 Å². The highest BCUT2D eigenvalue weighted by Crippen LogP contribution is 2.26. The summed E-state index contributed by atoms with van der Waals surface area (Å²) < 4.78 is 35.8. The largest absolute Gasteiger partial charge is 0.393 e. The van der Waals surface area contributed by atoms with Gasteiger partial charge in [0.05, 0.1) is 12.5 Å². The van der Waals surface area contributed by atoms with Crippen LogP contribution in [0.25, 0.3) is 0 Å². The fourth-order valence-corrected chi connectivity index (χ4v) is 2.04. The molecule has 1 aliphatic rings. The van der Waals surface area contributed by atoms with Crippen LogP contribution in [0.4, 0.5) is 13.2 Å². The third-order valence-corrected chi connectivity index (χ3v) is 2.94. The Labute approximate surface area is 88.1 Å². The van der Waals surface area contributed by atoms with Crippen LogP contribution in [0, 0.1) is 5.92 Å². The van der Waals surface area contributed by atoms with E-state index in [1.165, 1.54) is 0 Å². The minimum Gasteiger partial charge on any atom is -0.393 e. The van der Waals surface area contributed by atoms with Gasteiger partial charge in [-0.15, -0.1) is 0 Å². The molecule has 1 fully saturated rings. The van der Waals surface area contributed by atoms with Gasteiger partial charge in [-0.05, 0) is 25.8 Å². The molecule has 1 rings (SSSR count). The smallest absolute Gasteiger partial charge is 0.390 e. The van der Waals surface area contributed by atoms with Crippen molar-refractivity contribution < 1.29 is 18.3 Å². The zero-order chi connectivity index (χ0) is 11.5. The summed E-state index contributed by atoms with van der Waals surface area (Å²) in [6.07, 6.45) is -2.47. The number of hydrogen-bond acceptors (Lipinski definition) is 2. The molecule has 0 amide bonds. The first-order valence-corrected chi connectivity index (χ1v) is 5.32. The standard InChI is InChI=1S/C10H18F3NO/c1-14(6-5-10(11,12)13)7-8-3-2-4-9(8)15/h8-9,15H,2-7H2,1H3. The molecule has 0 saturated heterocycles. The third-order valence-electron chi connectivity index (χ3n) is 2.94. The van der Waals surface area contributed by atoms with Gasteiger partial charge in [0.2, 0.25) is 0 Å². The van der Waals surface area contributed by atoms with E-state index in [0.717, 1.165) is 19.3 Å². The lowest BCUT2D eigenvalue weighted by Crippen LogP contribution is -2.32. The number of halogens is 3. The van der Waals surface area contributed by atoms with E-state index in [1.807, 2.05) is 0 Å². The molecule has 0 radical (unpaired) electrons. The molecule has 15 heavy (non-hydrogen) atoms. The van der Waals surface area contributed by atoms with Gasteiger partial charge in [-0.3, -0.25) is 0 Å². The van der Waals surface area contributed by atoms with Crippen molar-refractivity contribution in [2.75, 3.05) is 20.1 Å². The lowest BCUT2D eigenvalue weighted by molar-refractivity contribution is -0.137. The molecule has 1 aliphatic carbocycles. The second kappa shape index (κ2) is 5.16. The zero-order valence-electron chi connectivity index (χ0n) is 8.93. The van der Waals surface area contributed by atoms with Crippen molar-refractivity contribution >= 4 is 0 Å². The third kappa shape index (κ3) is 4.84. The monoisotopic (exact) mass is 225 g/mol. The van der Waals surface area contributed by atoms with Gasteiger partial charge in [-0.25, -0.2) is 0 Å². The molecule has 0 aliphatic heterocycles. The van der Waals surface area contributed by atoms with Gasteiger partial charge < -0.3 is 10.0 Å². The van der Waals surface area contributed by atoms with Crippen molar-refractivity contribution in [1.82, 2.24) is 4.90 Å². The van der Waals surface area contributed by atoms with Crippen molar-refractivity contribution in [3.63, 3.8) is 0 Å². The molecule has 90 valence electrons. The SMILES string of the molecule is CN(CCC(F)(F)F)CC1CCCC1O. The summed E-state index contributed by atoms with van der Waals surface area (Å²) in [7, 11) is 1.68.